The molecule has 1 aromatic carbocycles. The summed E-state index contributed by atoms with van der Waals surface area (Å²) in [5.74, 6) is 0. The molecule has 19 heavy (non-hydrogen) atoms. The van der Waals surface area contributed by atoms with Crippen molar-refractivity contribution in [3.63, 3.8) is 0 Å². The Morgan fingerprint density at radius 3 is 3.00 bits per heavy atom. The molecule has 4 nitrogen and oxygen atoms in total. The zero-order valence-electron chi connectivity index (χ0n) is 11.2. The number of benzene rings is 1. The van der Waals surface area contributed by atoms with Crippen molar-refractivity contribution in [1.29, 1.82) is 0 Å². The van der Waals surface area contributed by atoms with Crippen LogP contribution >= 0.6 is 0 Å². The number of anilines is 2. The summed E-state index contributed by atoms with van der Waals surface area (Å²) in [5.41, 5.74) is 9.10. The summed E-state index contributed by atoms with van der Waals surface area (Å²) in [6.07, 6.45) is 2.94. The largest absolute Gasteiger partial charge is 0.398 e. The molecular weight excluding hydrogens is 238 g/mol. The smallest absolute Gasteiger partial charge is 0.0641 e. The van der Waals surface area contributed by atoms with Gasteiger partial charge in [-0.25, -0.2) is 0 Å². The van der Waals surface area contributed by atoms with Gasteiger partial charge in [0, 0.05) is 53.7 Å². The van der Waals surface area contributed by atoms with Crippen LogP contribution in [0.4, 0.5) is 11.4 Å². The number of pyridine rings is 1. The van der Waals surface area contributed by atoms with Crippen LogP contribution in [0.2, 0.25) is 0 Å². The van der Waals surface area contributed by atoms with E-state index < -0.39 is 0 Å². The lowest BCUT2D eigenvalue weighted by Gasteiger charge is -2.24. The average Bonchev–Trinajstić information content (AvgIpc) is 2.68. The first kappa shape index (κ1) is 12.2. The van der Waals surface area contributed by atoms with Crippen LogP contribution in [0.3, 0.4) is 0 Å². The van der Waals surface area contributed by atoms with Gasteiger partial charge in [0.1, 0.15) is 0 Å². The Hall–Kier alpha value is -1.81. The SMILES string of the molecule is Cc1cc2c(N3CCCOCC3)ccc(N)c2cn1. The topological polar surface area (TPSA) is 51.4 Å². The summed E-state index contributed by atoms with van der Waals surface area (Å²) in [5, 5.41) is 2.22. The highest BCUT2D eigenvalue weighted by Gasteiger charge is 2.14. The maximum absolute atomic E-state index is 6.05. The fourth-order valence-electron chi connectivity index (χ4n) is 2.61. The van der Waals surface area contributed by atoms with Gasteiger partial charge in [-0.3, -0.25) is 4.98 Å². The van der Waals surface area contributed by atoms with Crippen molar-refractivity contribution in [2.45, 2.75) is 13.3 Å². The molecule has 0 saturated carbocycles. The lowest BCUT2D eigenvalue weighted by atomic mass is 10.1. The first-order chi connectivity index (χ1) is 9.25. The Labute approximate surface area is 113 Å². The number of aromatic nitrogens is 1. The Kier molecular flexibility index (Phi) is 3.25. The van der Waals surface area contributed by atoms with Crippen molar-refractivity contribution >= 4 is 22.1 Å². The van der Waals surface area contributed by atoms with Crippen LogP contribution in [0.15, 0.2) is 24.4 Å². The summed E-state index contributed by atoms with van der Waals surface area (Å²) in [7, 11) is 0. The van der Waals surface area contributed by atoms with Crippen molar-refractivity contribution in [3.8, 4) is 0 Å². The zero-order chi connectivity index (χ0) is 13.2. The van der Waals surface area contributed by atoms with Gasteiger partial charge in [0.2, 0.25) is 0 Å². The molecule has 0 spiro atoms. The highest BCUT2D eigenvalue weighted by atomic mass is 16.5. The predicted octanol–water partition coefficient (Wildman–Crippen LogP) is 2.35. The molecule has 3 rings (SSSR count). The molecule has 2 N–H and O–H groups in total. The van der Waals surface area contributed by atoms with Gasteiger partial charge in [0.15, 0.2) is 0 Å². The first-order valence-electron chi connectivity index (χ1n) is 6.73. The lowest BCUT2D eigenvalue weighted by Crippen LogP contribution is -2.26. The molecule has 2 heterocycles. The molecule has 1 aliphatic rings. The van der Waals surface area contributed by atoms with Crippen LogP contribution in [0.5, 0.6) is 0 Å². The molecule has 0 bridgehead atoms. The van der Waals surface area contributed by atoms with E-state index in [-0.39, 0.29) is 0 Å². The normalized spacial score (nSPS) is 16.6. The first-order valence-corrected chi connectivity index (χ1v) is 6.73. The Bertz CT molecular complexity index is 589. The molecule has 0 unspecified atom stereocenters. The van der Waals surface area contributed by atoms with Crippen molar-refractivity contribution < 1.29 is 4.74 Å². The number of hydrogen-bond donors (Lipinski definition) is 1. The lowest BCUT2D eigenvalue weighted by molar-refractivity contribution is 0.152. The average molecular weight is 257 g/mol. The summed E-state index contributed by atoms with van der Waals surface area (Å²) in [6, 6.07) is 6.20. The quantitative estimate of drug-likeness (QED) is 0.797. The third-order valence-corrected chi connectivity index (χ3v) is 3.61. The van der Waals surface area contributed by atoms with E-state index in [1.165, 1.54) is 11.1 Å². The van der Waals surface area contributed by atoms with E-state index in [4.69, 9.17) is 10.5 Å². The second-order valence-electron chi connectivity index (χ2n) is 5.00. The van der Waals surface area contributed by atoms with Crippen LogP contribution in [-0.4, -0.2) is 31.3 Å². The van der Waals surface area contributed by atoms with E-state index in [1.54, 1.807) is 0 Å². The van der Waals surface area contributed by atoms with Gasteiger partial charge in [0.05, 0.1) is 6.61 Å². The molecule has 0 aliphatic carbocycles. The Balaban J connectivity index is 2.11. The second kappa shape index (κ2) is 5.05. The molecule has 0 amide bonds. The Morgan fingerprint density at radius 1 is 1.21 bits per heavy atom. The molecular formula is C15H19N3O. The van der Waals surface area contributed by atoms with Gasteiger partial charge in [-0.15, -0.1) is 0 Å². The van der Waals surface area contributed by atoms with Crippen molar-refractivity contribution in [1.82, 2.24) is 4.98 Å². The molecule has 2 aromatic rings. The number of nitrogens with two attached hydrogens (primary N) is 1. The van der Waals surface area contributed by atoms with Gasteiger partial charge in [-0.2, -0.15) is 0 Å². The highest BCUT2D eigenvalue weighted by Crippen LogP contribution is 2.31. The van der Waals surface area contributed by atoms with E-state index >= 15 is 0 Å². The fraction of sp³-hybridized carbons (Fsp3) is 0.400. The van der Waals surface area contributed by atoms with Crippen LogP contribution in [0, 0.1) is 6.92 Å². The minimum atomic E-state index is 0.788. The van der Waals surface area contributed by atoms with Gasteiger partial charge < -0.3 is 15.4 Å². The van der Waals surface area contributed by atoms with Crippen LogP contribution in [0.25, 0.3) is 10.8 Å². The number of rotatable bonds is 1. The standard InChI is InChI=1S/C15H19N3O/c1-11-9-12-13(10-17-11)14(16)3-4-15(12)18-5-2-7-19-8-6-18/h3-4,9-10H,2,5-8,16H2,1H3. The predicted molar refractivity (Wildman–Crippen MR) is 78.5 cm³/mol. The number of aryl methyl sites for hydroxylation is 1. The van der Waals surface area contributed by atoms with E-state index in [0.717, 1.165) is 49.5 Å². The minimum absolute atomic E-state index is 0.788. The molecule has 1 aromatic heterocycles. The van der Waals surface area contributed by atoms with Crippen LogP contribution < -0.4 is 10.6 Å². The van der Waals surface area contributed by atoms with E-state index in [2.05, 4.69) is 22.0 Å². The highest BCUT2D eigenvalue weighted by molar-refractivity contribution is 6.01. The van der Waals surface area contributed by atoms with Crippen LogP contribution in [-0.2, 0) is 4.74 Å². The number of ether oxygens (including phenoxy) is 1. The third-order valence-electron chi connectivity index (χ3n) is 3.61. The van der Waals surface area contributed by atoms with Crippen molar-refractivity contribution in [3.05, 3.63) is 30.1 Å². The van der Waals surface area contributed by atoms with Gasteiger partial charge in [0.25, 0.3) is 0 Å². The maximum Gasteiger partial charge on any atom is 0.0641 e. The van der Waals surface area contributed by atoms with Crippen molar-refractivity contribution in [2.75, 3.05) is 36.9 Å². The van der Waals surface area contributed by atoms with Gasteiger partial charge in [-0.05, 0) is 31.5 Å². The van der Waals surface area contributed by atoms with Crippen LogP contribution in [0.1, 0.15) is 12.1 Å². The Morgan fingerprint density at radius 2 is 2.11 bits per heavy atom. The molecule has 1 aliphatic heterocycles. The third kappa shape index (κ3) is 2.36. The molecule has 1 fully saturated rings. The molecule has 0 radical (unpaired) electrons. The summed E-state index contributed by atoms with van der Waals surface area (Å²) in [6.45, 7) is 5.61. The molecule has 4 heteroatoms. The molecule has 1 saturated heterocycles. The zero-order valence-corrected chi connectivity index (χ0v) is 11.2. The summed E-state index contributed by atoms with van der Waals surface area (Å²) < 4.78 is 5.53. The van der Waals surface area contributed by atoms with Crippen molar-refractivity contribution in [2.24, 2.45) is 0 Å². The fourth-order valence-corrected chi connectivity index (χ4v) is 2.61. The maximum atomic E-state index is 6.05. The summed E-state index contributed by atoms with van der Waals surface area (Å²) >= 11 is 0. The number of hydrogen-bond acceptors (Lipinski definition) is 4. The van der Waals surface area contributed by atoms with E-state index in [0.29, 0.717) is 0 Å². The number of fused-ring (bicyclic) bond motifs is 1. The van der Waals surface area contributed by atoms with Gasteiger partial charge in [-0.1, -0.05) is 0 Å². The summed E-state index contributed by atoms with van der Waals surface area (Å²) in [4.78, 5) is 6.73. The molecule has 0 atom stereocenters. The van der Waals surface area contributed by atoms with Gasteiger partial charge >= 0.3 is 0 Å². The van der Waals surface area contributed by atoms with E-state index in [9.17, 15) is 0 Å². The van der Waals surface area contributed by atoms with E-state index in [1.807, 2.05) is 19.2 Å². The monoisotopic (exact) mass is 257 g/mol. The number of nitrogens with zero attached hydrogens (tertiary/aromatic N) is 2. The minimum Gasteiger partial charge on any atom is -0.398 e. The second-order valence-corrected chi connectivity index (χ2v) is 5.00. The molecule has 100 valence electrons. The number of nitrogen functional groups attached to an aromatic ring is 1.